The number of rotatable bonds is 1. The average Bonchev–Trinajstić information content (AvgIpc) is 3.40. The molecule has 0 aliphatic carbocycles. The van der Waals surface area contributed by atoms with Crippen LogP contribution in [0.1, 0.15) is 25.1 Å². The first kappa shape index (κ1) is 22.3. The zero-order valence-electron chi connectivity index (χ0n) is 17.7. The fraction of sp³-hybridized carbons (Fsp3) is 0.348. The molecule has 2 N–H and O–H groups in total. The highest BCUT2D eigenvalue weighted by atomic mass is 16.7. The van der Waals surface area contributed by atoms with Gasteiger partial charge < -0.3 is 24.7 Å². The second-order valence-electron chi connectivity index (χ2n) is 6.48. The Kier molecular flexibility index (Phi) is 9.05. The molecular weight excluding hydrogens is 366 g/mol. The minimum atomic E-state index is 0.360. The lowest BCUT2D eigenvalue weighted by atomic mass is 10.1. The Morgan fingerprint density at radius 1 is 0.966 bits per heavy atom. The molecule has 2 aromatic carbocycles. The highest BCUT2D eigenvalue weighted by Gasteiger charge is 2.13. The molecule has 0 fully saturated rings. The summed E-state index contributed by atoms with van der Waals surface area (Å²) < 4.78 is 10.2. The Hall–Kier alpha value is -2.99. The van der Waals surface area contributed by atoms with Gasteiger partial charge >= 0.3 is 0 Å². The fourth-order valence-electron chi connectivity index (χ4n) is 2.96. The van der Waals surface area contributed by atoms with Crippen LogP contribution < -0.4 is 14.8 Å². The summed E-state index contributed by atoms with van der Waals surface area (Å²) in [4.78, 5) is 14.3. The molecule has 6 nitrogen and oxygen atoms in total. The van der Waals surface area contributed by atoms with Crippen molar-refractivity contribution in [3.63, 3.8) is 0 Å². The van der Waals surface area contributed by atoms with E-state index in [1.54, 1.807) is 14.1 Å². The van der Waals surface area contributed by atoms with Crippen molar-refractivity contribution in [1.29, 1.82) is 0 Å². The minimum absolute atomic E-state index is 0.360. The second-order valence-corrected chi connectivity index (χ2v) is 6.48. The molecule has 0 bridgehead atoms. The largest absolute Gasteiger partial charge is 0.454 e. The van der Waals surface area contributed by atoms with Crippen LogP contribution in [0.25, 0.3) is 10.9 Å². The molecule has 0 unspecified atom stereocenters. The van der Waals surface area contributed by atoms with E-state index in [2.05, 4.69) is 34.6 Å². The molecule has 29 heavy (non-hydrogen) atoms. The van der Waals surface area contributed by atoms with Gasteiger partial charge in [0.15, 0.2) is 11.5 Å². The molecule has 156 valence electrons. The molecular formula is C23H31N3O3. The maximum atomic E-state index is 9.43. The van der Waals surface area contributed by atoms with Crippen molar-refractivity contribution < 1.29 is 14.3 Å². The third-order valence-electron chi connectivity index (χ3n) is 4.24. The zero-order valence-corrected chi connectivity index (χ0v) is 17.7. The lowest BCUT2D eigenvalue weighted by Crippen LogP contribution is -2.22. The summed E-state index contributed by atoms with van der Waals surface area (Å²) in [6.07, 6.45) is 1.90. The van der Waals surface area contributed by atoms with Gasteiger partial charge in [0.25, 0.3) is 0 Å². The summed E-state index contributed by atoms with van der Waals surface area (Å²) in [5.74, 6) is 1.69. The number of hydrogen-bond acceptors (Lipinski definition) is 4. The number of carbonyl (C=O) groups is 1. The molecule has 0 radical (unpaired) electrons. The van der Waals surface area contributed by atoms with Gasteiger partial charge in [0.1, 0.15) is 0 Å². The maximum Gasteiger partial charge on any atom is 0.231 e. The van der Waals surface area contributed by atoms with Crippen molar-refractivity contribution in [3.8, 4) is 11.5 Å². The van der Waals surface area contributed by atoms with Gasteiger partial charge in [-0.3, -0.25) is 4.79 Å². The van der Waals surface area contributed by atoms with Crippen molar-refractivity contribution in [2.75, 3.05) is 27.4 Å². The van der Waals surface area contributed by atoms with Crippen LogP contribution in [0.5, 0.6) is 11.5 Å². The summed E-state index contributed by atoms with van der Waals surface area (Å²) in [6.45, 7) is 6.46. The molecule has 0 atom stereocenters. The van der Waals surface area contributed by atoms with Gasteiger partial charge in [-0.2, -0.15) is 0 Å². The number of para-hydroxylation sites is 3. The Labute approximate surface area is 172 Å². The second kappa shape index (κ2) is 11.8. The summed E-state index contributed by atoms with van der Waals surface area (Å²) in [5.41, 5.74) is 4.15. The van der Waals surface area contributed by atoms with Gasteiger partial charge in [-0.1, -0.05) is 44.2 Å². The molecule has 0 spiro atoms. The minimum Gasteiger partial charge on any atom is -0.454 e. The number of benzene rings is 2. The van der Waals surface area contributed by atoms with E-state index in [9.17, 15) is 4.79 Å². The molecule has 0 saturated heterocycles. The van der Waals surface area contributed by atoms with Crippen molar-refractivity contribution in [2.24, 2.45) is 0 Å². The molecule has 1 amide bonds. The van der Waals surface area contributed by atoms with Crippen molar-refractivity contribution in [2.45, 2.75) is 26.8 Å². The summed E-state index contributed by atoms with van der Waals surface area (Å²) in [6, 6.07) is 16.2. The standard InChI is InChI=1S/C11H12N2.C7H6O2.C3H7NO.C2H6/c1-2-4-10-8(3-1)9-5-6-12-7-11(9)13-10;1-2-4-7-6(3-1)8-5-9-7;1-4(2)3-5;1-2/h1-4,12-13H,5-7H2;1-4H,5H2;3H,1-2H3;1-2H3. The Morgan fingerprint density at radius 3 is 2.17 bits per heavy atom. The molecule has 1 aromatic heterocycles. The Bertz CT molecular complexity index is 867. The third-order valence-corrected chi connectivity index (χ3v) is 4.24. The highest BCUT2D eigenvalue weighted by Crippen LogP contribution is 2.30. The number of amides is 1. The fourth-order valence-corrected chi connectivity index (χ4v) is 2.96. The lowest BCUT2D eigenvalue weighted by molar-refractivity contribution is -0.115. The van der Waals surface area contributed by atoms with Crippen LogP contribution in [0.2, 0.25) is 0 Å². The number of H-pyrrole nitrogens is 1. The zero-order chi connectivity index (χ0) is 21.1. The molecule has 6 heteroatoms. The molecule has 0 saturated carbocycles. The monoisotopic (exact) mass is 397 g/mol. The normalized spacial score (nSPS) is 12.8. The van der Waals surface area contributed by atoms with Crippen LogP contribution in [0.15, 0.2) is 48.5 Å². The van der Waals surface area contributed by atoms with Gasteiger partial charge in [0, 0.05) is 37.2 Å². The highest BCUT2D eigenvalue weighted by molar-refractivity contribution is 5.84. The van der Waals surface area contributed by atoms with E-state index in [1.165, 1.54) is 27.1 Å². The number of carbonyl (C=O) groups excluding carboxylic acids is 1. The number of ether oxygens (including phenoxy) is 2. The van der Waals surface area contributed by atoms with Crippen molar-refractivity contribution >= 4 is 17.3 Å². The van der Waals surface area contributed by atoms with E-state index in [0.29, 0.717) is 6.79 Å². The summed E-state index contributed by atoms with van der Waals surface area (Å²) in [7, 11) is 3.38. The van der Waals surface area contributed by atoms with Gasteiger partial charge in [-0.05, 0) is 36.7 Å². The van der Waals surface area contributed by atoms with Gasteiger partial charge in [-0.25, -0.2) is 0 Å². The molecule has 3 heterocycles. The first-order valence-corrected chi connectivity index (χ1v) is 9.94. The van der Waals surface area contributed by atoms with Crippen LogP contribution in [0.3, 0.4) is 0 Å². The van der Waals surface area contributed by atoms with Crippen molar-refractivity contribution in [1.82, 2.24) is 15.2 Å². The summed E-state index contributed by atoms with van der Waals surface area (Å²) >= 11 is 0. The quantitative estimate of drug-likeness (QED) is 0.610. The van der Waals surface area contributed by atoms with E-state index < -0.39 is 0 Å². The molecule has 5 rings (SSSR count). The molecule has 3 aromatic rings. The predicted octanol–water partition coefficient (Wildman–Crippen LogP) is 3.96. The summed E-state index contributed by atoms with van der Waals surface area (Å²) in [5, 5.41) is 4.77. The topological polar surface area (TPSA) is 66.6 Å². The number of hydrogen-bond donors (Lipinski definition) is 2. The molecule has 2 aliphatic rings. The van der Waals surface area contributed by atoms with E-state index in [1.807, 2.05) is 38.1 Å². The van der Waals surface area contributed by atoms with Gasteiger partial charge in [0.2, 0.25) is 13.2 Å². The number of fused-ring (bicyclic) bond motifs is 4. The van der Waals surface area contributed by atoms with Crippen LogP contribution in [-0.4, -0.2) is 43.7 Å². The van der Waals surface area contributed by atoms with Crippen LogP contribution in [0, 0.1) is 0 Å². The smallest absolute Gasteiger partial charge is 0.231 e. The SMILES string of the molecule is CC.CN(C)C=O.c1ccc2c(c1)OCO2.c1ccc2c3c([nH]c2c1)CNCC3. The van der Waals surface area contributed by atoms with E-state index in [0.717, 1.165) is 37.4 Å². The molecule has 2 aliphatic heterocycles. The number of aromatic amines is 1. The van der Waals surface area contributed by atoms with Crippen LogP contribution in [-0.2, 0) is 17.8 Å². The predicted molar refractivity (Wildman–Crippen MR) is 117 cm³/mol. The average molecular weight is 398 g/mol. The Balaban J connectivity index is 0.000000164. The Morgan fingerprint density at radius 2 is 1.55 bits per heavy atom. The first-order valence-electron chi connectivity index (χ1n) is 9.94. The van der Waals surface area contributed by atoms with Crippen LogP contribution in [0.4, 0.5) is 0 Å². The van der Waals surface area contributed by atoms with E-state index in [-0.39, 0.29) is 0 Å². The first-order chi connectivity index (χ1) is 14.2. The number of aromatic nitrogens is 1. The van der Waals surface area contributed by atoms with Crippen molar-refractivity contribution in [3.05, 3.63) is 59.8 Å². The van der Waals surface area contributed by atoms with E-state index >= 15 is 0 Å². The van der Waals surface area contributed by atoms with Crippen LogP contribution >= 0.6 is 0 Å². The van der Waals surface area contributed by atoms with Gasteiger partial charge in [0.05, 0.1) is 0 Å². The third kappa shape index (κ3) is 6.26. The van der Waals surface area contributed by atoms with Gasteiger partial charge in [-0.15, -0.1) is 0 Å². The number of nitrogens with one attached hydrogen (secondary N) is 2. The van der Waals surface area contributed by atoms with E-state index in [4.69, 9.17) is 9.47 Å². The number of nitrogens with zero attached hydrogens (tertiary/aromatic N) is 1. The maximum absolute atomic E-state index is 9.43. The lowest BCUT2D eigenvalue weighted by Gasteiger charge is -2.12.